The molecule has 1 aromatic rings. The van der Waals surface area contributed by atoms with Crippen LogP contribution in [0.25, 0.3) is 0 Å². The lowest BCUT2D eigenvalue weighted by molar-refractivity contribution is -0.232. The van der Waals surface area contributed by atoms with E-state index >= 15 is 0 Å². The van der Waals surface area contributed by atoms with Crippen molar-refractivity contribution in [1.82, 2.24) is 15.3 Å². The molecule has 52 heavy (non-hydrogen) atoms. The van der Waals surface area contributed by atoms with Gasteiger partial charge in [0.05, 0.1) is 29.6 Å². The van der Waals surface area contributed by atoms with Crippen molar-refractivity contribution in [3.05, 3.63) is 35.4 Å². The lowest BCUT2D eigenvalue weighted by Crippen LogP contribution is -2.65. The van der Waals surface area contributed by atoms with Crippen LogP contribution in [-0.4, -0.2) is 56.7 Å². The van der Waals surface area contributed by atoms with Crippen LogP contribution in [0.3, 0.4) is 0 Å². The predicted octanol–water partition coefficient (Wildman–Crippen LogP) is 7.74. The molecule has 5 aliphatic rings. The lowest BCUT2D eigenvalue weighted by Gasteiger charge is -2.71. The van der Waals surface area contributed by atoms with Crippen LogP contribution < -0.4 is 5.32 Å². The van der Waals surface area contributed by atoms with Crippen molar-refractivity contribution in [1.29, 1.82) is 0 Å². The summed E-state index contributed by atoms with van der Waals surface area (Å²) in [6.07, 6.45) is 10.2. The molecule has 4 saturated carbocycles. The highest BCUT2D eigenvalue weighted by Crippen LogP contribution is 2.75. The van der Waals surface area contributed by atoms with E-state index in [1.165, 1.54) is 11.9 Å². The highest BCUT2D eigenvalue weighted by molar-refractivity contribution is 6.02. The van der Waals surface area contributed by atoms with Crippen LogP contribution in [0.5, 0.6) is 0 Å². The standard InChI is InChI=1S/C43H65N3O6/c1-24(2)34-35-26(36(37(34)49)29(47)22-45-25(3)28-16-20-44-23-46-28)13-18-42(9)27(35)11-12-31-41(8)17-15-32(52-33(48)21-39(4,5)38(50)51)40(6,7)30(41)14-19-43(31,42)10/h16,20,23-27,29-32,36,45,47H,11-15,17-19,21-22H2,1-10H3,(H,50,51)/t25-,26?,27+,29-,30-,31+,32-,36?,41-,42+,43+/m0/s1. The Morgan fingerprint density at radius 1 is 0.981 bits per heavy atom. The number of carboxylic acid groups (broad SMARTS) is 1. The highest BCUT2D eigenvalue weighted by Gasteiger charge is 2.69. The second kappa shape index (κ2) is 13.6. The molecule has 0 bridgehead atoms. The molecule has 0 amide bonds. The van der Waals surface area contributed by atoms with Gasteiger partial charge in [-0.15, -0.1) is 0 Å². The molecule has 2 unspecified atom stereocenters. The number of ketones is 1. The van der Waals surface area contributed by atoms with Gasteiger partial charge in [0.15, 0.2) is 5.78 Å². The Hall–Kier alpha value is -2.65. The van der Waals surface area contributed by atoms with Crippen molar-refractivity contribution in [2.24, 2.45) is 62.6 Å². The topological polar surface area (TPSA) is 139 Å². The number of nitrogens with zero attached hydrogens (tertiary/aromatic N) is 2. The Balaban J connectivity index is 1.22. The summed E-state index contributed by atoms with van der Waals surface area (Å²) in [6.45, 7) is 22.0. The van der Waals surface area contributed by atoms with Crippen LogP contribution in [-0.2, 0) is 19.1 Å². The number of aromatic nitrogens is 2. The van der Waals surface area contributed by atoms with E-state index in [1.807, 2.05) is 13.0 Å². The predicted molar refractivity (Wildman–Crippen MR) is 200 cm³/mol. The molecule has 0 aliphatic heterocycles. The molecular formula is C43H65N3O6. The second-order valence-corrected chi connectivity index (χ2v) is 19.7. The van der Waals surface area contributed by atoms with E-state index in [1.54, 1.807) is 20.0 Å². The van der Waals surface area contributed by atoms with E-state index in [-0.39, 0.29) is 57.8 Å². The van der Waals surface area contributed by atoms with Crippen LogP contribution in [0.4, 0.5) is 0 Å². The van der Waals surface area contributed by atoms with Gasteiger partial charge in [-0.3, -0.25) is 14.4 Å². The normalized spacial score (nSPS) is 38.1. The average molecular weight is 720 g/mol. The number of carbonyl (C=O) groups excluding carboxylic acids is 2. The van der Waals surface area contributed by atoms with Gasteiger partial charge >= 0.3 is 11.9 Å². The van der Waals surface area contributed by atoms with Crippen LogP contribution in [0.2, 0.25) is 0 Å². The fourth-order valence-electron chi connectivity index (χ4n) is 13.0. The molecule has 4 fully saturated rings. The summed E-state index contributed by atoms with van der Waals surface area (Å²) in [4.78, 5) is 47.6. The third-order valence-corrected chi connectivity index (χ3v) is 16.0. The number of aliphatic carboxylic acids is 1. The molecule has 1 aromatic heterocycles. The molecule has 9 nitrogen and oxygen atoms in total. The number of rotatable bonds is 10. The fraction of sp³-hybridized carbons (Fsp3) is 0.791. The zero-order chi connectivity index (χ0) is 38.2. The molecule has 6 rings (SSSR count). The minimum absolute atomic E-state index is 0.0334. The SMILES string of the molecule is CC(C)C1=C2C(CC[C@]3(C)[C@@H]2CC[C@@H]2[C@@]4(C)CC[C@H](OC(=O)CC(C)(C)C(=O)O)C(C)(C)[C@@H]4CC[C@]23C)C([C@@H](O)CN[C@@H](C)c2ccncn2)C1=O. The number of ether oxygens (including phenoxy) is 1. The number of nitrogens with one attached hydrogen (secondary N) is 1. The quantitative estimate of drug-likeness (QED) is 0.207. The van der Waals surface area contributed by atoms with Gasteiger partial charge in [-0.25, -0.2) is 9.97 Å². The first kappa shape index (κ1) is 39.1. The van der Waals surface area contributed by atoms with Crippen LogP contribution in [0.1, 0.15) is 139 Å². The third kappa shape index (κ3) is 6.08. The molecule has 0 saturated heterocycles. The number of allylic oxidation sites excluding steroid dienone is 2. The van der Waals surface area contributed by atoms with Crippen molar-refractivity contribution >= 4 is 17.7 Å². The van der Waals surface area contributed by atoms with E-state index in [9.17, 15) is 24.6 Å². The molecule has 0 spiro atoms. The van der Waals surface area contributed by atoms with Gasteiger partial charge in [-0.2, -0.15) is 0 Å². The molecule has 0 aromatic carbocycles. The first-order valence-electron chi connectivity index (χ1n) is 20.1. The smallest absolute Gasteiger partial charge is 0.309 e. The lowest BCUT2D eigenvalue weighted by atomic mass is 9.33. The van der Waals surface area contributed by atoms with Gasteiger partial charge < -0.3 is 20.3 Å². The van der Waals surface area contributed by atoms with E-state index in [0.29, 0.717) is 24.3 Å². The van der Waals surface area contributed by atoms with Gasteiger partial charge in [0, 0.05) is 24.2 Å². The Morgan fingerprint density at radius 2 is 1.67 bits per heavy atom. The van der Waals surface area contributed by atoms with Gasteiger partial charge in [0.1, 0.15) is 12.4 Å². The van der Waals surface area contributed by atoms with E-state index in [2.05, 4.69) is 63.8 Å². The largest absolute Gasteiger partial charge is 0.481 e. The summed E-state index contributed by atoms with van der Waals surface area (Å²) in [6, 6.07) is 1.81. The Bertz CT molecular complexity index is 1590. The molecule has 5 aliphatic carbocycles. The fourth-order valence-corrected chi connectivity index (χ4v) is 13.0. The minimum Gasteiger partial charge on any atom is -0.481 e. The van der Waals surface area contributed by atoms with Crippen LogP contribution in [0.15, 0.2) is 29.7 Å². The highest BCUT2D eigenvalue weighted by atomic mass is 16.5. The molecular weight excluding hydrogens is 654 g/mol. The maximum atomic E-state index is 14.4. The number of aliphatic hydroxyl groups is 1. The van der Waals surface area contributed by atoms with E-state index in [4.69, 9.17) is 4.74 Å². The first-order valence-corrected chi connectivity index (χ1v) is 20.1. The number of hydrogen-bond donors (Lipinski definition) is 3. The number of carboxylic acids is 1. The average Bonchev–Trinajstić information content (AvgIpc) is 3.37. The third-order valence-electron chi connectivity index (χ3n) is 16.0. The summed E-state index contributed by atoms with van der Waals surface area (Å²) in [5.41, 5.74) is 2.02. The molecule has 288 valence electrons. The van der Waals surface area contributed by atoms with Gasteiger partial charge in [0.2, 0.25) is 0 Å². The minimum atomic E-state index is -1.16. The number of Topliss-reactive ketones (excluding diaryl/α,β-unsaturated/α-hetero) is 1. The van der Waals surface area contributed by atoms with E-state index < -0.39 is 29.4 Å². The van der Waals surface area contributed by atoms with Crippen molar-refractivity contribution in [3.8, 4) is 0 Å². The molecule has 1 heterocycles. The van der Waals surface area contributed by atoms with E-state index in [0.717, 1.165) is 62.6 Å². The van der Waals surface area contributed by atoms with Crippen LogP contribution >= 0.6 is 0 Å². The number of esters is 1. The molecule has 11 atom stereocenters. The Labute approximate surface area is 311 Å². The monoisotopic (exact) mass is 719 g/mol. The maximum Gasteiger partial charge on any atom is 0.309 e. The van der Waals surface area contributed by atoms with Gasteiger partial charge in [-0.1, -0.05) is 54.0 Å². The summed E-state index contributed by atoms with van der Waals surface area (Å²) in [5.74, 6) is -0.269. The van der Waals surface area contributed by atoms with Crippen molar-refractivity contribution in [2.45, 2.75) is 145 Å². The molecule has 3 N–H and O–H groups in total. The summed E-state index contributed by atoms with van der Waals surface area (Å²) in [5, 5.41) is 24.8. The zero-order valence-corrected chi connectivity index (χ0v) is 33.4. The van der Waals surface area contributed by atoms with Crippen molar-refractivity contribution in [2.75, 3.05) is 6.54 Å². The maximum absolute atomic E-state index is 14.4. The van der Waals surface area contributed by atoms with Crippen molar-refractivity contribution in [3.63, 3.8) is 0 Å². The molecule has 9 heteroatoms. The Morgan fingerprint density at radius 3 is 2.31 bits per heavy atom. The molecule has 0 radical (unpaired) electrons. The zero-order valence-electron chi connectivity index (χ0n) is 33.4. The summed E-state index contributed by atoms with van der Waals surface area (Å²) >= 11 is 0. The van der Waals surface area contributed by atoms with Gasteiger partial charge in [0.25, 0.3) is 0 Å². The second-order valence-electron chi connectivity index (χ2n) is 19.7. The van der Waals surface area contributed by atoms with Gasteiger partial charge in [-0.05, 0) is 130 Å². The van der Waals surface area contributed by atoms with Crippen molar-refractivity contribution < 1.29 is 29.3 Å². The number of aliphatic hydroxyl groups excluding tert-OH is 1. The Kier molecular flexibility index (Phi) is 10.2. The number of carbonyl (C=O) groups is 3. The number of hydrogen-bond acceptors (Lipinski definition) is 8. The van der Waals surface area contributed by atoms with Crippen LogP contribution in [0, 0.1) is 62.6 Å². The summed E-state index contributed by atoms with van der Waals surface area (Å²) in [7, 11) is 0. The summed E-state index contributed by atoms with van der Waals surface area (Å²) < 4.78 is 6.16. The number of fused-ring (bicyclic) bond motifs is 7. The first-order chi connectivity index (χ1) is 24.2.